The molecule has 0 aliphatic carbocycles. The van der Waals surface area contributed by atoms with E-state index in [4.69, 9.17) is 27.9 Å². The van der Waals surface area contributed by atoms with Crippen molar-refractivity contribution in [3.05, 3.63) is 70.0 Å². The lowest BCUT2D eigenvalue weighted by atomic mass is 9.93. The van der Waals surface area contributed by atoms with E-state index in [-0.39, 0.29) is 12.1 Å². The van der Waals surface area contributed by atoms with Crippen LogP contribution in [0.5, 0.6) is 5.75 Å². The smallest absolute Gasteiger partial charge is 0.222 e. The fourth-order valence-corrected chi connectivity index (χ4v) is 3.85. The number of hydrogen-bond donors (Lipinski definition) is 1. The van der Waals surface area contributed by atoms with Gasteiger partial charge in [0.15, 0.2) is 0 Å². The van der Waals surface area contributed by atoms with Crippen LogP contribution in [-0.2, 0) is 0 Å². The topological polar surface area (TPSA) is 52.0 Å². The molecule has 0 fully saturated rings. The fourth-order valence-electron chi connectivity index (χ4n) is 3.35. The second-order valence-corrected chi connectivity index (χ2v) is 6.94. The summed E-state index contributed by atoms with van der Waals surface area (Å²) >= 11 is 12.8. The lowest BCUT2D eigenvalue weighted by molar-refractivity contribution is 0.340. The van der Waals surface area contributed by atoms with Crippen LogP contribution in [0.4, 0.5) is 5.95 Å². The molecule has 1 aliphatic rings. The zero-order chi connectivity index (χ0) is 18.1. The number of fused-ring (bicyclic) bond motifs is 1. The van der Waals surface area contributed by atoms with E-state index in [1.165, 1.54) is 0 Å². The van der Waals surface area contributed by atoms with Crippen molar-refractivity contribution in [1.29, 1.82) is 0 Å². The Hall–Kier alpha value is -2.24. The molecule has 0 radical (unpaired) electrons. The first-order chi connectivity index (χ1) is 12.7. The first kappa shape index (κ1) is 17.2. The number of hydrogen-bond acceptors (Lipinski definition) is 4. The predicted octanol–water partition coefficient (Wildman–Crippen LogP) is 5.13. The van der Waals surface area contributed by atoms with Gasteiger partial charge in [-0.05, 0) is 42.7 Å². The molecule has 2 heterocycles. The molecule has 0 amide bonds. The Bertz CT molecular complexity index is 927. The maximum atomic E-state index is 6.45. The van der Waals surface area contributed by atoms with Crippen molar-refractivity contribution in [2.75, 3.05) is 11.9 Å². The molecule has 0 spiro atoms. The molecule has 0 saturated heterocycles. The molecule has 2 unspecified atom stereocenters. The molecule has 4 rings (SSSR count). The molecule has 1 aromatic heterocycles. The molecule has 7 heteroatoms. The van der Waals surface area contributed by atoms with Crippen LogP contribution in [0.3, 0.4) is 0 Å². The average Bonchev–Trinajstić information content (AvgIpc) is 3.12. The van der Waals surface area contributed by atoms with E-state index in [1.54, 1.807) is 6.33 Å². The SMILES string of the molecule is CCOc1ccc(C2CC(c3ccccc3Cl)n3ncnc3N2)cc1Cl. The first-order valence-corrected chi connectivity index (χ1v) is 9.25. The van der Waals surface area contributed by atoms with Gasteiger partial charge in [0.05, 0.1) is 23.7 Å². The number of nitrogens with one attached hydrogen (secondary N) is 1. The van der Waals surface area contributed by atoms with Gasteiger partial charge in [-0.25, -0.2) is 4.68 Å². The molecule has 2 aromatic carbocycles. The minimum absolute atomic E-state index is 0.00204. The van der Waals surface area contributed by atoms with Crippen LogP contribution < -0.4 is 10.1 Å². The van der Waals surface area contributed by atoms with E-state index in [9.17, 15) is 0 Å². The van der Waals surface area contributed by atoms with E-state index in [1.807, 2.05) is 54.1 Å². The molecule has 26 heavy (non-hydrogen) atoms. The summed E-state index contributed by atoms with van der Waals surface area (Å²) in [4.78, 5) is 4.35. The Morgan fingerprint density at radius 1 is 1.19 bits per heavy atom. The predicted molar refractivity (Wildman–Crippen MR) is 103 cm³/mol. The Labute approximate surface area is 161 Å². The molecule has 134 valence electrons. The van der Waals surface area contributed by atoms with Crippen LogP contribution in [0.15, 0.2) is 48.8 Å². The van der Waals surface area contributed by atoms with Crippen molar-refractivity contribution in [3.63, 3.8) is 0 Å². The molecule has 1 aliphatic heterocycles. The molecule has 0 saturated carbocycles. The third-order valence-electron chi connectivity index (χ3n) is 4.55. The van der Waals surface area contributed by atoms with Crippen molar-refractivity contribution < 1.29 is 4.74 Å². The number of ether oxygens (including phenoxy) is 1. The van der Waals surface area contributed by atoms with Gasteiger partial charge in [-0.15, -0.1) is 0 Å². The highest BCUT2D eigenvalue weighted by Crippen LogP contribution is 2.40. The van der Waals surface area contributed by atoms with E-state index in [0.717, 1.165) is 28.5 Å². The summed E-state index contributed by atoms with van der Waals surface area (Å²) in [5.74, 6) is 1.41. The molecule has 2 atom stereocenters. The van der Waals surface area contributed by atoms with Crippen molar-refractivity contribution in [1.82, 2.24) is 14.8 Å². The third kappa shape index (κ3) is 3.13. The maximum Gasteiger partial charge on any atom is 0.222 e. The Morgan fingerprint density at radius 3 is 2.81 bits per heavy atom. The Balaban J connectivity index is 1.70. The summed E-state index contributed by atoms with van der Waals surface area (Å²) in [6, 6.07) is 13.8. The van der Waals surface area contributed by atoms with Crippen molar-refractivity contribution in [2.24, 2.45) is 0 Å². The van der Waals surface area contributed by atoms with Gasteiger partial charge >= 0.3 is 0 Å². The fraction of sp³-hybridized carbons (Fsp3) is 0.263. The van der Waals surface area contributed by atoms with Gasteiger partial charge in [0.1, 0.15) is 12.1 Å². The summed E-state index contributed by atoms with van der Waals surface area (Å²) in [7, 11) is 0. The van der Waals surface area contributed by atoms with Crippen molar-refractivity contribution >= 4 is 29.2 Å². The van der Waals surface area contributed by atoms with E-state index in [0.29, 0.717) is 17.4 Å². The van der Waals surface area contributed by atoms with Gasteiger partial charge in [0.25, 0.3) is 0 Å². The third-order valence-corrected chi connectivity index (χ3v) is 5.19. The van der Waals surface area contributed by atoms with Gasteiger partial charge in [0, 0.05) is 5.02 Å². The summed E-state index contributed by atoms with van der Waals surface area (Å²) in [6.07, 6.45) is 2.34. The minimum Gasteiger partial charge on any atom is -0.492 e. The number of halogens is 2. The standard InChI is InChI=1S/C19H18Cl2N4O/c1-2-26-18-8-7-12(9-15(18)21)16-10-17(13-5-3-4-6-14(13)20)25-19(24-16)22-11-23-25/h3-9,11,16-17H,2,10H2,1H3,(H,22,23,24). The minimum atomic E-state index is -0.00204. The lowest BCUT2D eigenvalue weighted by Crippen LogP contribution is -2.28. The zero-order valence-electron chi connectivity index (χ0n) is 14.2. The molecule has 5 nitrogen and oxygen atoms in total. The summed E-state index contributed by atoms with van der Waals surface area (Å²) in [5.41, 5.74) is 2.11. The molecule has 0 bridgehead atoms. The highest BCUT2D eigenvalue weighted by atomic mass is 35.5. The number of anilines is 1. The molecule has 1 N–H and O–H groups in total. The van der Waals surface area contributed by atoms with Crippen LogP contribution >= 0.6 is 23.2 Å². The first-order valence-electron chi connectivity index (χ1n) is 8.50. The zero-order valence-corrected chi connectivity index (χ0v) is 15.7. The highest BCUT2D eigenvalue weighted by Gasteiger charge is 2.31. The van der Waals surface area contributed by atoms with Crippen LogP contribution in [0.2, 0.25) is 10.0 Å². The molecular weight excluding hydrogens is 371 g/mol. The summed E-state index contributed by atoms with van der Waals surface area (Å²) in [5, 5.41) is 9.15. The highest BCUT2D eigenvalue weighted by molar-refractivity contribution is 6.32. The number of aromatic nitrogens is 3. The quantitative estimate of drug-likeness (QED) is 0.672. The Kier molecular flexibility index (Phi) is 4.74. The normalized spacial score (nSPS) is 18.9. The van der Waals surface area contributed by atoms with Gasteiger partial charge in [-0.1, -0.05) is 47.5 Å². The van der Waals surface area contributed by atoms with E-state index >= 15 is 0 Å². The van der Waals surface area contributed by atoms with Crippen LogP contribution in [0.25, 0.3) is 0 Å². The maximum absolute atomic E-state index is 6.45. The number of nitrogens with zero attached hydrogens (tertiary/aromatic N) is 3. The summed E-state index contributed by atoms with van der Waals surface area (Å²) < 4.78 is 7.42. The second kappa shape index (κ2) is 7.17. The summed E-state index contributed by atoms with van der Waals surface area (Å²) in [6.45, 7) is 2.52. The average molecular weight is 389 g/mol. The Morgan fingerprint density at radius 2 is 2.04 bits per heavy atom. The lowest BCUT2D eigenvalue weighted by Gasteiger charge is -2.32. The van der Waals surface area contributed by atoms with E-state index < -0.39 is 0 Å². The van der Waals surface area contributed by atoms with Crippen molar-refractivity contribution in [2.45, 2.75) is 25.4 Å². The largest absolute Gasteiger partial charge is 0.492 e. The molecular formula is C19H18Cl2N4O. The van der Waals surface area contributed by atoms with E-state index in [2.05, 4.69) is 15.4 Å². The van der Waals surface area contributed by atoms with Crippen LogP contribution in [0.1, 0.15) is 36.6 Å². The monoisotopic (exact) mass is 388 g/mol. The van der Waals surface area contributed by atoms with Gasteiger partial charge < -0.3 is 10.1 Å². The number of rotatable bonds is 4. The van der Waals surface area contributed by atoms with Gasteiger partial charge in [0.2, 0.25) is 5.95 Å². The van der Waals surface area contributed by atoms with Gasteiger partial charge in [-0.2, -0.15) is 10.1 Å². The second-order valence-electron chi connectivity index (χ2n) is 6.12. The molecule has 3 aromatic rings. The van der Waals surface area contributed by atoms with Gasteiger partial charge in [-0.3, -0.25) is 0 Å². The van der Waals surface area contributed by atoms with Crippen LogP contribution in [-0.4, -0.2) is 21.4 Å². The number of benzene rings is 2. The van der Waals surface area contributed by atoms with Crippen LogP contribution in [0, 0.1) is 0 Å². The van der Waals surface area contributed by atoms with Crippen molar-refractivity contribution in [3.8, 4) is 5.75 Å².